The predicted octanol–water partition coefficient (Wildman–Crippen LogP) is 0.614. The lowest BCUT2D eigenvalue weighted by Gasteiger charge is -2.42. The van der Waals surface area contributed by atoms with Crippen molar-refractivity contribution in [3.63, 3.8) is 0 Å². The molecule has 0 spiro atoms. The molecule has 0 aromatic rings. The number of likely N-dealkylation sites (N-methyl/N-ethyl adjacent to an activating group) is 2. The molecule has 4 unspecified atom stereocenters. The van der Waals surface area contributed by atoms with Crippen LogP contribution >= 0.6 is 0 Å². The monoisotopic (exact) mass is 362 g/mol. The van der Waals surface area contributed by atoms with Gasteiger partial charge >= 0.3 is 0 Å². The van der Waals surface area contributed by atoms with Crippen LogP contribution in [0.25, 0.3) is 0 Å². The minimum absolute atomic E-state index is 0.570. The van der Waals surface area contributed by atoms with Crippen LogP contribution in [0.15, 0.2) is 4.99 Å². The molecule has 4 atom stereocenters. The molecule has 2 aliphatic heterocycles. The van der Waals surface area contributed by atoms with E-state index in [0.29, 0.717) is 6.04 Å². The fourth-order valence-electron chi connectivity index (χ4n) is 5.79. The zero-order chi connectivity index (χ0) is 18.1. The summed E-state index contributed by atoms with van der Waals surface area (Å²) in [6.07, 6.45) is 5.97. The minimum Gasteiger partial charge on any atom is -0.355 e. The van der Waals surface area contributed by atoms with Gasteiger partial charge in [-0.05, 0) is 45.2 Å². The number of nitrogens with one attached hydrogen (secondary N) is 1. The standard InChI is InChI=1S/C20H38N6/c1-21-20(22-14-18-15-23(2)6-7-24(18)3)26-10-8-25(9-11-26)19-13-16-4-5-17(19)12-16/h16-19H,4-15H2,1-3H3,(H,21,22). The first kappa shape index (κ1) is 18.5. The molecule has 0 aromatic heterocycles. The number of hydrogen-bond acceptors (Lipinski definition) is 4. The second kappa shape index (κ2) is 8.03. The fraction of sp³-hybridized carbons (Fsp3) is 0.950. The van der Waals surface area contributed by atoms with Crippen molar-refractivity contribution in [1.29, 1.82) is 0 Å². The topological polar surface area (TPSA) is 37.4 Å². The molecule has 2 saturated carbocycles. The number of guanidine groups is 1. The average molecular weight is 363 g/mol. The molecule has 4 fully saturated rings. The molecule has 0 radical (unpaired) electrons. The molecule has 0 amide bonds. The van der Waals surface area contributed by atoms with E-state index in [9.17, 15) is 0 Å². The molecule has 2 heterocycles. The Hall–Kier alpha value is -0.850. The van der Waals surface area contributed by atoms with E-state index >= 15 is 0 Å². The third-order valence-corrected chi connectivity index (χ3v) is 7.47. The van der Waals surface area contributed by atoms with Crippen molar-refractivity contribution < 1.29 is 0 Å². The van der Waals surface area contributed by atoms with E-state index < -0.39 is 0 Å². The van der Waals surface area contributed by atoms with Gasteiger partial charge in [0, 0.05) is 71.5 Å². The zero-order valence-corrected chi connectivity index (χ0v) is 17.0. The van der Waals surface area contributed by atoms with Gasteiger partial charge in [0.15, 0.2) is 5.96 Å². The van der Waals surface area contributed by atoms with Crippen molar-refractivity contribution in [2.24, 2.45) is 16.8 Å². The number of piperazine rings is 2. The summed E-state index contributed by atoms with van der Waals surface area (Å²) < 4.78 is 0. The highest BCUT2D eigenvalue weighted by atomic mass is 15.4. The minimum atomic E-state index is 0.570. The number of aliphatic imine (C=N–C) groups is 1. The fourth-order valence-corrected chi connectivity index (χ4v) is 5.79. The number of rotatable bonds is 3. The summed E-state index contributed by atoms with van der Waals surface area (Å²) in [6, 6.07) is 1.46. The largest absolute Gasteiger partial charge is 0.355 e. The summed E-state index contributed by atoms with van der Waals surface area (Å²) in [5.41, 5.74) is 0. The lowest BCUT2D eigenvalue weighted by Crippen LogP contribution is -2.58. The smallest absolute Gasteiger partial charge is 0.193 e. The van der Waals surface area contributed by atoms with Crippen LogP contribution in [0.2, 0.25) is 0 Å². The molecule has 26 heavy (non-hydrogen) atoms. The third kappa shape index (κ3) is 3.87. The van der Waals surface area contributed by atoms with Gasteiger partial charge in [0.05, 0.1) is 0 Å². The van der Waals surface area contributed by atoms with Crippen LogP contribution in [0.1, 0.15) is 25.7 Å². The van der Waals surface area contributed by atoms with Crippen LogP contribution in [0, 0.1) is 11.8 Å². The summed E-state index contributed by atoms with van der Waals surface area (Å²) in [4.78, 5) is 14.8. The summed E-state index contributed by atoms with van der Waals surface area (Å²) in [6.45, 7) is 9.11. The molecular formula is C20H38N6. The van der Waals surface area contributed by atoms with Gasteiger partial charge in [-0.2, -0.15) is 0 Å². The molecule has 2 aliphatic carbocycles. The van der Waals surface area contributed by atoms with Crippen molar-refractivity contribution in [3.05, 3.63) is 0 Å². The Morgan fingerprint density at radius 1 is 1.00 bits per heavy atom. The number of nitrogens with zero attached hydrogens (tertiary/aromatic N) is 5. The summed E-state index contributed by atoms with van der Waals surface area (Å²) in [7, 11) is 6.40. The average Bonchev–Trinajstić information content (AvgIpc) is 3.29. The van der Waals surface area contributed by atoms with Gasteiger partial charge in [-0.15, -0.1) is 0 Å². The second-order valence-electron chi connectivity index (χ2n) is 9.09. The molecule has 4 aliphatic rings. The highest BCUT2D eigenvalue weighted by Crippen LogP contribution is 2.46. The van der Waals surface area contributed by atoms with Crippen molar-refractivity contribution >= 4 is 5.96 Å². The second-order valence-corrected chi connectivity index (χ2v) is 9.09. The molecule has 148 valence electrons. The van der Waals surface area contributed by atoms with Crippen LogP contribution in [0.3, 0.4) is 0 Å². The first-order valence-corrected chi connectivity index (χ1v) is 10.7. The SMILES string of the molecule is CN=C(NCC1CN(C)CCN1C)N1CCN(C2CC3CCC2C3)CC1. The Bertz CT molecular complexity index is 501. The van der Waals surface area contributed by atoms with E-state index in [4.69, 9.17) is 0 Å². The van der Waals surface area contributed by atoms with Gasteiger partial charge in [-0.3, -0.25) is 14.8 Å². The normalized spacial score (nSPS) is 37.5. The highest BCUT2D eigenvalue weighted by molar-refractivity contribution is 5.80. The van der Waals surface area contributed by atoms with Gasteiger partial charge < -0.3 is 15.1 Å². The highest BCUT2D eigenvalue weighted by Gasteiger charge is 2.42. The molecule has 1 N–H and O–H groups in total. The van der Waals surface area contributed by atoms with E-state index in [1.807, 2.05) is 7.05 Å². The Morgan fingerprint density at radius 3 is 2.46 bits per heavy atom. The van der Waals surface area contributed by atoms with Gasteiger partial charge in [-0.1, -0.05) is 6.42 Å². The quantitative estimate of drug-likeness (QED) is 0.588. The Labute approximate surface area is 159 Å². The Balaban J connectivity index is 1.25. The van der Waals surface area contributed by atoms with Gasteiger partial charge in [0.25, 0.3) is 0 Å². The Kier molecular flexibility index (Phi) is 5.72. The van der Waals surface area contributed by atoms with E-state index in [1.54, 1.807) is 0 Å². The van der Waals surface area contributed by atoms with Crippen LogP contribution in [0.5, 0.6) is 0 Å². The van der Waals surface area contributed by atoms with Crippen LogP contribution in [-0.4, -0.2) is 111 Å². The lowest BCUT2D eigenvalue weighted by atomic mass is 9.93. The predicted molar refractivity (Wildman–Crippen MR) is 108 cm³/mol. The maximum absolute atomic E-state index is 4.58. The van der Waals surface area contributed by atoms with Crippen molar-refractivity contribution in [3.8, 4) is 0 Å². The lowest BCUT2D eigenvalue weighted by molar-refractivity contribution is 0.0941. The van der Waals surface area contributed by atoms with Gasteiger partial charge in [0.1, 0.15) is 0 Å². The van der Waals surface area contributed by atoms with E-state index in [2.05, 4.69) is 44.0 Å². The Morgan fingerprint density at radius 2 is 1.81 bits per heavy atom. The van der Waals surface area contributed by atoms with Crippen molar-refractivity contribution in [2.45, 2.75) is 37.8 Å². The maximum Gasteiger partial charge on any atom is 0.193 e. The molecule has 6 heteroatoms. The molecule has 6 nitrogen and oxygen atoms in total. The van der Waals surface area contributed by atoms with Crippen LogP contribution in [-0.2, 0) is 0 Å². The van der Waals surface area contributed by atoms with Gasteiger partial charge in [-0.25, -0.2) is 0 Å². The first-order valence-electron chi connectivity index (χ1n) is 10.7. The number of hydrogen-bond donors (Lipinski definition) is 1. The van der Waals surface area contributed by atoms with E-state index in [-0.39, 0.29) is 0 Å². The summed E-state index contributed by atoms with van der Waals surface area (Å²) in [5.74, 6) is 3.14. The first-order chi connectivity index (χ1) is 12.6. The molecular weight excluding hydrogens is 324 g/mol. The van der Waals surface area contributed by atoms with E-state index in [0.717, 1.165) is 56.6 Å². The van der Waals surface area contributed by atoms with Gasteiger partial charge in [0.2, 0.25) is 0 Å². The van der Waals surface area contributed by atoms with Crippen LogP contribution < -0.4 is 5.32 Å². The van der Waals surface area contributed by atoms with E-state index in [1.165, 1.54) is 45.3 Å². The molecule has 4 rings (SSSR count). The van der Waals surface area contributed by atoms with Crippen molar-refractivity contribution in [2.75, 3.05) is 73.5 Å². The molecule has 0 aromatic carbocycles. The summed E-state index contributed by atoms with van der Waals surface area (Å²) >= 11 is 0. The molecule has 2 bridgehead atoms. The third-order valence-electron chi connectivity index (χ3n) is 7.47. The summed E-state index contributed by atoms with van der Waals surface area (Å²) in [5, 5.41) is 3.66. The maximum atomic E-state index is 4.58. The zero-order valence-electron chi connectivity index (χ0n) is 17.0. The molecule has 2 saturated heterocycles. The van der Waals surface area contributed by atoms with Crippen LogP contribution in [0.4, 0.5) is 0 Å². The van der Waals surface area contributed by atoms with Crippen molar-refractivity contribution in [1.82, 2.24) is 24.9 Å². The number of fused-ring (bicyclic) bond motifs is 2.